The standard InChI is InChI=1S/C5H7N.C4H6N2O.2C4H6N2S.3C4H6N2.2C4H5NO.2C4H5NS.8C2H6/c1-5-2-3-6-4-5;2*1-3-5-4(2)7-6-3;1-3-4(2)7-6-5-3;1-4-2-5-3-6-4;1-4-2-5-6-3-4;1-4-2-3-5-6-4;1-4-2-6-3-5-4;1-4-2-5-6-3-4;1-4-2-6-3-5-4;1-4-2-5-6-3-4;8*1-2/h2-4,6H,1H3;3*1-2H3;3*2-3H,1H3,(H,5,6);4*2-3H,1H3;8*1-2H3. The van der Waals surface area contributed by atoms with Crippen molar-refractivity contribution in [1.29, 1.82) is 0 Å². The fourth-order valence-electron chi connectivity index (χ4n) is 3.52. The molecule has 11 rings (SSSR count). The lowest BCUT2D eigenvalue weighted by Gasteiger charge is -1.74. The lowest BCUT2D eigenvalue weighted by molar-refractivity contribution is 0.389. The molecule has 0 aliphatic carbocycles. The first-order valence-electron chi connectivity index (χ1n) is 28.7. The number of imidazole rings is 1. The maximum Gasteiger partial charge on any atom is 0.223 e. The Morgan fingerprint density at radius 3 is 1.33 bits per heavy atom. The second-order valence-electron chi connectivity index (χ2n) is 13.9. The van der Waals surface area contributed by atoms with E-state index in [1.54, 1.807) is 68.8 Å². The molecule has 0 unspecified atom stereocenters. The molecule has 0 spiro atoms. The highest BCUT2D eigenvalue weighted by Crippen LogP contribution is 2.04. The van der Waals surface area contributed by atoms with Crippen molar-refractivity contribution in [1.82, 2.24) is 83.9 Å². The monoisotopic (exact) mass is 1260 g/mol. The van der Waals surface area contributed by atoms with Gasteiger partial charge in [0.2, 0.25) is 5.89 Å². The van der Waals surface area contributed by atoms with Crippen LogP contribution in [0, 0.1) is 96.9 Å². The highest BCUT2D eigenvalue weighted by molar-refractivity contribution is 7.07. The largest absolute Gasteiger partial charge is 0.452 e. The maximum atomic E-state index is 4.60. The second-order valence-corrected chi connectivity index (χ2v) is 17.2. The first kappa shape index (κ1) is 94.2. The van der Waals surface area contributed by atoms with Crippen LogP contribution in [0.2, 0.25) is 0 Å². The molecule has 0 radical (unpaired) electrons. The Kier molecular flexibility index (Phi) is 85.2. The van der Waals surface area contributed by atoms with Gasteiger partial charge in [0.05, 0.1) is 35.6 Å². The Balaban J connectivity index is -0.000000125. The van der Waals surface area contributed by atoms with E-state index in [0.717, 1.165) is 44.9 Å². The van der Waals surface area contributed by atoms with Crippen molar-refractivity contribution >= 4 is 45.9 Å². The SMILES string of the molecule is CC.CC.CC.CC.CC.CC.CC.CC.Cc1cc[nH]c1.Cc1ccn[nH]1.Cc1cn[nH]c1.Cc1cnc[nH]1.Cc1cnoc1.Cc1cnsc1.Cc1cocn1.Cc1cscn1.Cc1nnsc1C.Cc1noc(C)n1.Cc1nsc(C)n1. The van der Waals surface area contributed by atoms with E-state index in [2.05, 4.69) is 104 Å². The first-order chi connectivity index (χ1) is 41.0. The van der Waals surface area contributed by atoms with Crippen LogP contribution in [-0.4, -0.2) is 83.9 Å². The number of aromatic nitrogens is 17. The van der Waals surface area contributed by atoms with Gasteiger partial charge in [-0.25, -0.2) is 19.3 Å². The minimum Gasteiger partial charge on any atom is -0.452 e. The van der Waals surface area contributed by atoms with E-state index in [9.17, 15) is 0 Å². The van der Waals surface area contributed by atoms with E-state index in [1.165, 1.54) is 62.6 Å². The van der Waals surface area contributed by atoms with E-state index >= 15 is 0 Å². The van der Waals surface area contributed by atoms with Gasteiger partial charge in [0.15, 0.2) is 12.2 Å². The van der Waals surface area contributed by atoms with Crippen LogP contribution < -0.4 is 0 Å². The molecule has 4 N–H and O–H groups in total. The summed E-state index contributed by atoms with van der Waals surface area (Å²) in [7, 11) is 0. The number of hydrogen-bond acceptors (Lipinski definition) is 20. The third kappa shape index (κ3) is 72.9. The number of oxazole rings is 1. The minimum atomic E-state index is 0.623. The van der Waals surface area contributed by atoms with Crippen molar-refractivity contribution in [2.45, 2.75) is 208 Å². The zero-order valence-corrected chi connectivity index (χ0v) is 60.8. The molecule has 20 nitrogen and oxygen atoms in total. The number of nitrogens with zero attached hydrogens (tertiary/aromatic N) is 13. The van der Waals surface area contributed by atoms with Crippen molar-refractivity contribution in [3.05, 3.63) is 181 Å². The number of thiazole rings is 1. The number of nitrogens with one attached hydrogen (secondary N) is 4. The van der Waals surface area contributed by atoms with Gasteiger partial charge in [-0.1, -0.05) is 126 Å². The van der Waals surface area contributed by atoms with Gasteiger partial charge in [-0.05, 0) is 153 Å². The predicted octanol–water partition coefficient (Wildman–Crippen LogP) is 19.6. The van der Waals surface area contributed by atoms with Gasteiger partial charge >= 0.3 is 0 Å². The summed E-state index contributed by atoms with van der Waals surface area (Å²) in [6.45, 7) is 59.2. The highest BCUT2D eigenvalue weighted by Gasteiger charge is 1.92. The van der Waals surface area contributed by atoms with E-state index in [1.807, 2.05) is 240 Å². The lowest BCUT2D eigenvalue weighted by atomic mass is 10.4. The van der Waals surface area contributed by atoms with Gasteiger partial charge in [0, 0.05) is 82.4 Å². The molecule has 0 bridgehead atoms. The lowest BCUT2D eigenvalue weighted by Crippen LogP contribution is -1.70. The van der Waals surface area contributed by atoms with Crippen LogP contribution in [0.5, 0.6) is 0 Å². The first-order valence-corrected chi connectivity index (χ1v) is 32.0. The van der Waals surface area contributed by atoms with E-state index in [-0.39, 0.29) is 0 Å². The van der Waals surface area contributed by atoms with Crippen LogP contribution in [0.25, 0.3) is 0 Å². The summed E-state index contributed by atoms with van der Waals surface area (Å²) in [6, 6.07) is 3.94. The minimum absolute atomic E-state index is 0.623. The summed E-state index contributed by atoms with van der Waals surface area (Å²) in [4.78, 5) is 26.3. The van der Waals surface area contributed by atoms with Gasteiger partial charge in [-0.2, -0.15) is 19.6 Å². The van der Waals surface area contributed by atoms with E-state index in [0.29, 0.717) is 11.7 Å². The van der Waals surface area contributed by atoms with Crippen LogP contribution in [0.1, 0.15) is 189 Å². The molecule has 24 heteroatoms. The Labute approximate surface area is 529 Å². The number of rotatable bonds is 0. The van der Waals surface area contributed by atoms with Gasteiger partial charge in [-0.15, -0.1) is 16.4 Å². The zero-order chi connectivity index (χ0) is 67.1. The van der Waals surface area contributed by atoms with Crippen molar-refractivity contribution in [3.63, 3.8) is 0 Å². The van der Waals surface area contributed by atoms with Crippen molar-refractivity contribution in [2.75, 3.05) is 0 Å². The molecule has 0 saturated carbocycles. The van der Waals surface area contributed by atoms with Crippen LogP contribution in [-0.2, 0) is 0 Å². The third-order valence-electron chi connectivity index (χ3n) is 7.02. The average Bonchev–Trinajstić information content (AvgIpc) is 4.34. The van der Waals surface area contributed by atoms with Gasteiger partial charge in [0.25, 0.3) is 0 Å². The summed E-state index contributed by atoms with van der Waals surface area (Å²) in [5.74, 6) is 2.19. The van der Waals surface area contributed by atoms with Crippen LogP contribution in [0.4, 0.5) is 0 Å². The van der Waals surface area contributed by atoms with E-state index in [4.69, 9.17) is 0 Å². The molecule has 11 aromatic heterocycles. The number of H-pyrrole nitrogens is 4. The second kappa shape index (κ2) is 76.9. The van der Waals surface area contributed by atoms with Gasteiger partial charge in [0.1, 0.15) is 23.4 Å². The summed E-state index contributed by atoms with van der Waals surface area (Å²) < 4.78 is 25.2. The molecular formula is C61H111N17O3S4. The normalized spacial score (nSPS) is 7.88. The fourth-order valence-corrected chi connectivity index (χ4v) is 5.51. The molecule has 0 fully saturated rings. The Morgan fingerprint density at radius 1 is 0.553 bits per heavy atom. The number of aryl methyl sites for hydroxylation is 14. The van der Waals surface area contributed by atoms with Gasteiger partial charge < -0.3 is 23.4 Å². The van der Waals surface area contributed by atoms with Crippen LogP contribution in [0.3, 0.4) is 0 Å². The topological polar surface area (TPSA) is 270 Å². The summed E-state index contributed by atoms with van der Waals surface area (Å²) in [5.41, 5.74) is 11.9. The number of hydrogen-bond donors (Lipinski definition) is 4. The summed E-state index contributed by atoms with van der Waals surface area (Å²) in [6.07, 6.45) is 20.8. The molecule has 0 aromatic carbocycles. The summed E-state index contributed by atoms with van der Waals surface area (Å²) >= 11 is 6.00. The molecule has 11 aromatic rings. The molecular weight excluding hydrogens is 1150 g/mol. The zero-order valence-electron chi connectivity index (χ0n) is 57.5. The molecule has 482 valence electrons. The van der Waals surface area contributed by atoms with E-state index < -0.39 is 0 Å². The van der Waals surface area contributed by atoms with Crippen molar-refractivity contribution < 1.29 is 13.5 Å². The predicted molar refractivity (Wildman–Crippen MR) is 365 cm³/mol. The van der Waals surface area contributed by atoms with Crippen molar-refractivity contribution in [3.8, 4) is 0 Å². The van der Waals surface area contributed by atoms with Crippen LogP contribution >= 0.6 is 45.9 Å². The Morgan fingerprint density at radius 2 is 1.20 bits per heavy atom. The Bertz CT molecular complexity index is 2190. The third-order valence-corrected chi connectivity index (χ3v) is 9.88. The Hall–Kier alpha value is -7.15. The molecule has 85 heavy (non-hydrogen) atoms. The molecule has 0 saturated heterocycles. The molecule has 0 atom stereocenters. The summed E-state index contributed by atoms with van der Waals surface area (Å²) in [5, 5.41) is 28.7. The van der Waals surface area contributed by atoms with Crippen LogP contribution in [0.15, 0.2) is 117 Å². The molecule has 0 amide bonds. The molecule has 11 heterocycles. The van der Waals surface area contributed by atoms with Gasteiger partial charge in [-0.3, -0.25) is 15.2 Å². The highest BCUT2D eigenvalue weighted by atomic mass is 32.1. The average molecular weight is 1260 g/mol. The number of aromatic amines is 4. The smallest absolute Gasteiger partial charge is 0.223 e. The fraction of sp³-hybridized carbons (Fsp3) is 0.492. The quantitative estimate of drug-likeness (QED) is 0.110. The molecule has 0 aliphatic heterocycles. The maximum absolute atomic E-state index is 4.60. The van der Waals surface area contributed by atoms with Crippen molar-refractivity contribution in [2.24, 2.45) is 0 Å². The molecule has 0 aliphatic rings.